The third kappa shape index (κ3) is 9.66. The summed E-state index contributed by atoms with van der Waals surface area (Å²) in [7, 11) is 0. The van der Waals surface area contributed by atoms with E-state index in [1.54, 1.807) is 12.3 Å². The second-order valence-electron chi connectivity index (χ2n) is 15.0. The van der Waals surface area contributed by atoms with Crippen LogP contribution in [0.2, 0.25) is 0 Å². The highest BCUT2D eigenvalue weighted by atomic mass is 19.1. The number of nitrogens with one attached hydrogen (secondary N) is 2. The van der Waals surface area contributed by atoms with Crippen molar-refractivity contribution >= 4 is 29.5 Å². The topological polar surface area (TPSA) is 167 Å². The highest BCUT2D eigenvalue weighted by molar-refractivity contribution is 6.12. The monoisotopic (exact) mass is 746 g/mol. The standard InChI is InChI=1S/C40H48F2N6O6/c1-40(2,3)37(33-20-27(30-21-28(41)10-12-31(30)42)23-46(33)22-25-7-5-4-6-8-25)48(36(52)24-49)17-15-32(43)39(54)45-29-11-9-26(19-29)38(53)44-16-18-47-34(50)13-14-35(47)51/h4-8,10,12-14,20-21,23,26,29,32,37,49H,9,11,15-19,22,24,43H2,1-3H3,(H,44,53)(H,45,54)/t26-,29+,32-,37-/m0/s1. The van der Waals surface area contributed by atoms with Crippen LogP contribution in [0.25, 0.3) is 11.1 Å². The molecule has 0 unspecified atom stereocenters. The largest absolute Gasteiger partial charge is 0.387 e. The maximum Gasteiger partial charge on any atom is 0.253 e. The molecule has 1 aliphatic carbocycles. The van der Waals surface area contributed by atoms with E-state index in [1.165, 1.54) is 17.1 Å². The summed E-state index contributed by atoms with van der Waals surface area (Å²) >= 11 is 0. The Bertz CT molecular complexity index is 1870. The maximum absolute atomic E-state index is 15.0. The van der Waals surface area contributed by atoms with Gasteiger partial charge >= 0.3 is 0 Å². The summed E-state index contributed by atoms with van der Waals surface area (Å²) in [5.74, 6) is -3.67. The summed E-state index contributed by atoms with van der Waals surface area (Å²) in [5, 5.41) is 15.8. The molecule has 3 aromatic rings. The van der Waals surface area contributed by atoms with Crippen molar-refractivity contribution in [3.63, 3.8) is 0 Å². The maximum atomic E-state index is 15.0. The molecule has 14 heteroatoms. The molecule has 1 aliphatic heterocycles. The van der Waals surface area contributed by atoms with E-state index in [1.807, 2.05) is 55.7 Å². The summed E-state index contributed by atoms with van der Waals surface area (Å²) in [4.78, 5) is 65.6. The molecule has 2 aliphatic rings. The molecule has 2 aromatic carbocycles. The minimum Gasteiger partial charge on any atom is -0.387 e. The molecular formula is C40H48F2N6O6. The zero-order valence-corrected chi connectivity index (χ0v) is 30.8. The molecule has 288 valence electrons. The Hall–Kier alpha value is -5.21. The zero-order chi connectivity index (χ0) is 39.2. The second-order valence-corrected chi connectivity index (χ2v) is 15.0. The van der Waals surface area contributed by atoms with Gasteiger partial charge in [0, 0.05) is 73.3 Å². The number of hydrogen-bond donors (Lipinski definition) is 4. The Labute approximate surface area is 313 Å². The van der Waals surface area contributed by atoms with Crippen LogP contribution in [-0.2, 0) is 30.5 Å². The van der Waals surface area contributed by atoms with E-state index in [2.05, 4.69) is 10.6 Å². The Morgan fingerprint density at radius 1 is 1.02 bits per heavy atom. The molecule has 0 saturated heterocycles. The van der Waals surface area contributed by atoms with E-state index in [9.17, 15) is 33.5 Å². The molecule has 5 rings (SSSR count). The average Bonchev–Trinajstić information content (AvgIpc) is 3.86. The molecular weight excluding hydrogens is 698 g/mol. The number of rotatable bonds is 15. The van der Waals surface area contributed by atoms with Crippen LogP contribution in [0, 0.1) is 23.0 Å². The number of hydrogen-bond acceptors (Lipinski definition) is 7. The van der Waals surface area contributed by atoms with Crippen molar-refractivity contribution < 1.29 is 37.9 Å². The van der Waals surface area contributed by atoms with Crippen molar-refractivity contribution in [2.45, 2.75) is 71.1 Å². The van der Waals surface area contributed by atoms with E-state index < -0.39 is 59.4 Å². The van der Waals surface area contributed by atoms with E-state index in [4.69, 9.17) is 5.73 Å². The Balaban J connectivity index is 1.28. The van der Waals surface area contributed by atoms with Crippen molar-refractivity contribution in [1.29, 1.82) is 0 Å². The van der Waals surface area contributed by atoms with Gasteiger partial charge in [0.25, 0.3) is 11.8 Å². The number of carbonyl (C=O) groups is 5. The lowest BCUT2D eigenvalue weighted by molar-refractivity contribution is -0.140. The summed E-state index contributed by atoms with van der Waals surface area (Å²) in [6, 6.07) is 12.5. The summed E-state index contributed by atoms with van der Waals surface area (Å²) in [5.41, 5.74) is 7.77. The molecule has 1 aromatic heterocycles. The van der Waals surface area contributed by atoms with Gasteiger partial charge < -0.3 is 30.9 Å². The minimum absolute atomic E-state index is 0.00331. The average molecular weight is 747 g/mol. The van der Waals surface area contributed by atoms with Gasteiger partial charge in [0.05, 0.1) is 12.1 Å². The molecule has 54 heavy (non-hydrogen) atoms. The SMILES string of the molecule is CC(C)(C)[C@H](c1cc(-c2cc(F)ccc2F)cn1Cc1ccccc1)N(CC[C@H](N)C(=O)N[C@@H]1CC[C@H](C(=O)NCCN2C(=O)C=CC2=O)C1)C(=O)CO. The highest BCUT2D eigenvalue weighted by Gasteiger charge is 2.38. The van der Waals surface area contributed by atoms with Crippen LogP contribution in [0.4, 0.5) is 8.78 Å². The van der Waals surface area contributed by atoms with E-state index in [0.29, 0.717) is 37.1 Å². The number of aromatic nitrogens is 1. The number of aliphatic hydroxyl groups is 1. The lowest BCUT2D eigenvalue weighted by Gasteiger charge is -2.41. The molecule has 5 amide bonds. The van der Waals surface area contributed by atoms with Gasteiger partial charge in [-0.25, -0.2) is 8.78 Å². The predicted octanol–water partition coefficient (Wildman–Crippen LogP) is 3.43. The first-order valence-corrected chi connectivity index (χ1v) is 18.1. The number of nitrogens with two attached hydrogens (primary N) is 1. The van der Waals surface area contributed by atoms with Crippen LogP contribution in [0.5, 0.6) is 0 Å². The van der Waals surface area contributed by atoms with Crippen molar-refractivity contribution in [2.24, 2.45) is 17.1 Å². The summed E-state index contributed by atoms with van der Waals surface area (Å²) in [6.07, 6.45) is 5.62. The number of carbonyl (C=O) groups excluding carboxylic acids is 5. The predicted molar refractivity (Wildman–Crippen MR) is 197 cm³/mol. The van der Waals surface area contributed by atoms with Gasteiger partial charge in [-0.15, -0.1) is 0 Å². The zero-order valence-electron chi connectivity index (χ0n) is 30.8. The first-order chi connectivity index (χ1) is 25.7. The highest BCUT2D eigenvalue weighted by Crippen LogP contribution is 2.41. The van der Waals surface area contributed by atoms with Gasteiger partial charge in [0.2, 0.25) is 17.7 Å². The van der Waals surface area contributed by atoms with Crippen molar-refractivity contribution in [3.8, 4) is 11.1 Å². The third-order valence-corrected chi connectivity index (χ3v) is 9.94. The fraction of sp³-hybridized carbons (Fsp3) is 0.425. The van der Waals surface area contributed by atoms with Crippen molar-refractivity contribution in [3.05, 3.63) is 95.8 Å². The Kier molecular flexibility index (Phi) is 12.8. The fourth-order valence-corrected chi connectivity index (χ4v) is 7.26. The lowest BCUT2D eigenvalue weighted by Crippen LogP contribution is -2.49. The quantitative estimate of drug-likeness (QED) is 0.173. The molecule has 1 fully saturated rings. The van der Waals surface area contributed by atoms with Crippen LogP contribution in [0.1, 0.15) is 63.8 Å². The minimum atomic E-state index is -1.02. The molecule has 12 nitrogen and oxygen atoms in total. The van der Waals surface area contributed by atoms with Crippen LogP contribution in [0.15, 0.2) is 72.9 Å². The first-order valence-electron chi connectivity index (χ1n) is 18.1. The number of imide groups is 1. The Morgan fingerprint density at radius 2 is 1.72 bits per heavy atom. The fourth-order valence-electron chi connectivity index (χ4n) is 7.26. The van der Waals surface area contributed by atoms with Crippen LogP contribution in [0.3, 0.4) is 0 Å². The Morgan fingerprint density at radius 3 is 2.39 bits per heavy atom. The number of nitrogens with zero attached hydrogens (tertiary/aromatic N) is 3. The van der Waals surface area contributed by atoms with Gasteiger partial charge in [0.15, 0.2) is 0 Å². The van der Waals surface area contributed by atoms with Crippen LogP contribution in [-0.4, -0.2) is 87.3 Å². The van der Waals surface area contributed by atoms with Crippen LogP contribution >= 0.6 is 0 Å². The molecule has 5 N–H and O–H groups in total. The number of benzene rings is 2. The normalized spacial score (nSPS) is 18.2. The van der Waals surface area contributed by atoms with Gasteiger partial charge in [-0.3, -0.25) is 28.9 Å². The smallest absolute Gasteiger partial charge is 0.253 e. The van der Waals surface area contributed by atoms with Gasteiger partial charge in [-0.05, 0) is 60.9 Å². The molecule has 1 saturated carbocycles. The first kappa shape index (κ1) is 40.0. The van der Waals surface area contributed by atoms with Crippen molar-refractivity contribution in [1.82, 2.24) is 25.0 Å². The van der Waals surface area contributed by atoms with E-state index >= 15 is 4.39 Å². The third-order valence-electron chi connectivity index (χ3n) is 9.94. The summed E-state index contributed by atoms with van der Waals surface area (Å²) in [6.45, 7) is 5.54. The molecule has 0 radical (unpaired) electrons. The number of aliphatic hydroxyl groups excluding tert-OH is 1. The van der Waals surface area contributed by atoms with E-state index in [-0.39, 0.29) is 49.5 Å². The molecule has 2 heterocycles. The number of amides is 5. The van der Waals surface area contributed by atoms with Crippen LogP contribution < -0.4 is 16.4 Å². The molecule has 4 atom stereocenters. The molecule has 0 bridgehead atoms. The van der Waals surface area contributed by atoms with Crippen molar-refractivity contribution in [2.75, 3.05) is 26.2 Å². The van der Waals surface area contributed by atoms with Gasteiger partial charge in [0.1, 0.15) is 18.2 Å². The number of halogens is 2. The van der Waals surface area contributed by atoms with Gasteiger partial charge in [-0.2, -0.15) is 0 Å². The van der Waals surface area contributed by atoms with Gasteiger partial charge in [-0.1, -0.05) is 51.1 Å². The summed E-state index contributed by atoms with van der Waals surface area (Å²) < 4.78 is 31.3. The van der Waals surface area contributed by atoms with E-state index in [0.717, 1.165) is 28.7 Å². The second kappa shape index (κ2) is 17.3. The lowest BCUT2D eigenvalue weighted by atomic mass is 9.82. The molecule has 0 spiro atoms.